The van der Waals surface area contributed by atoms with E-state index in [1.165, 1.54) is 12.8 Å². The van der Waals surface area contributed by atoms with Gasteiger partial charge in [0.15, 0.2) is 0 Å². The van der Waals surface area contributed by atoms with E-state index in [4.69, 9.17) is 0 Å². The molecule has 1 N–H and O–H groups in total. The molecule has 0 aliphatic rings. The van der Waals surface area contributed by atoms with Crippen LogP contribution in [0.1, 0.15) is 54.4 Å². The first-order chi connectivity index (χ1) is 6.46. The molecule has 0 saturated heterocycles. The van der Waals surface area contributed by atoms with Gasteiger partial charge in [0.2, 0.25) is 0 Å². The summed E-state index contributed by atoms with van der Waals surface area (Å²) in [5.41, 5.74) is 0.464. The summed E-state index contributed by atoms with van der Waals surface area (Å²) in [6, 6.07) is 0. The molecule has 0 spiro atoms. The largest absolute Gasteiger partial charge is 0.316 e. The fourth-order valence-corrected chi connectivity index (χ4v) is 1.86. The Morgan fingerprint density at radius 1 is 1.14 bits per heavy atom. The van der Waals surface area contributed by atoms with E-state index in [0.29, 0.717) is 5.41 Å². The Morgan fingerprint density at radius 2 is 1.71 bits per heavy atom. The van der Waals surface area contributed by atoms with E-state index in [1.54, 1.807) is 0 Å². The predicted molar refractivity (Wildman–Crippen MR) is 65.6 cm³/mol. The fourth-order valence-electron chi connectivity index (χ4n) is 1.86. The van der Waals surface area contributed by atoms with Crippen LogP contribution in [0.25, 0.3) is 0 Å². The number of nitrogens with one attached hydrogen (secondary N) is 1. The minimum Gasteiger partial charge on any atom is -0.316 e. The third kappa shape index (κ3) is 4.45. The van der Waals surface area contributed by atoms with Gasteiger partial charge in [-0.25, -0.2) is 0 Å². The van der Waals surface area contributed by atoms with Crippen LogP contribution in [0.3, 0.4) is 0 Å². The third-order valence-electron chi connectivity index (χ3n) is 3.68. The van der Waals surface area contributed by atoms with Crippen molar-refractivity contribution in [2.75, 3.05) is 13.1 Å². The molecule has 0 fully saturated rings. The van der Waals surface area contributed by atoms with Gasteiger partial charge in [-0.05, 0) is 30.2 Å². The topological polar surface area (TPSA) is 12.0 Å². The summed E-state index contributed by atoms with van der Waals surface area (Å²) >= 11 is 0. The third-order valence-corrected chi connectivity index (χ3v) is 3.68. The van der Waals surface area contributed by atoms with Gasteiger partial charge in [-0.1, -0.05) is 48.0 Å². The van der Waals surface area contributed by atoms with Gasteiger partial charge < -0.3 is 5.32 Å². The van der Waals surface area contributed by atoms with Gasteiger partial charge in [-0.2, -0.15) is 0 Å². The van der Waals surface area contributed by atoms with Gasteiger partial charge in [-0.15, -0.1) is 0 Å². The van der Waals surface area contributed by atoms with Crippen LogP contribution in [0, 0.1) is 17.3 Å². The molecule has 0 aromatic heterocycles. The zero-order valence-corrected chi connectivity index (χ0v) is 11.0. The molecule has 0 heterocycles. The lowest BCUT2D eigenvalue weighted by atomic mass is 9.72. The molecule has 0 aliphatic carbocycles. The minimum absolute atomic E-state index is 0.464. The predicted octanol–water partition coefficient (Wildman–Crippen LogP) is 3.69. The Kier molecular flexibility index (Phi) is 6.43. The summed E-state index contributed by atoms with van der Waals surface area (Å²) in [5.74, 6) is 1.61. The van der Waals surface area contributed by atoms with Crippen molar-refractivity contribution in [3.8, 4) is 0 Å². The summed E-state index contributed by atoms with van der Waals surface area (Å²) in [7, 11) is 0. The van der Waals surface area contributed by atoms with Gasteiger partial charge in [0.1, 0.15) is 0 Å². The average molecular weight is 199 g/mol. The highest BCUT2D eigenvalue weighted by molar-refractivity contribution is 4.81. The molecule has 0 amide bonds. The standard InChI is InChI=1S/C13H29N/c1-7-12(5)9-13(6,11(3)4)10-14-8-2/h11-12,14H,7-10H2,1-6H3. The number of hydrogen-bond donors (Lipinski definition) is 1. The van der Waals surface area contributed by atoms with Gasteiger partial charge in [0.25, 0.3) is 0 Å². The molecular weight excluding hydrogens is 170 g/mol. The summed E-state index contributed by atoms with van der Waals surface area (Å²) < 4.78 is 0. The Morgan fingerprint density at radius 3 is 2.07 bits per heavy atom. The van der Waals surface area contributed by atoms with E-state index in [9.17, 15) is 0 Å². The number of hydrogen-bond acceptors (Lipinski definition) is 1. The summed E-state index contributed by atoms with van der Waals surface area (Å²) in [6.45, 7) is 16.2. The molecule has 14 heavy (non-hydrogen) atoms. The first kappa shape index (κ1) is 14.0. The molecule has 0 radical (unpaired) electrons. The van der Waals surface area contributed by atoms with Crippen molar-refractivity contribution in [1.29, 1.82) is 0 Å². The second-order valence-electron chi connectivity index (χ2n) is 5.31. The molecule has 0 aromatic rings. The average Bonchev–Trinajstić information content (AvgIpc) is 2.14. The SMILES string of the molecule is CCNCC(C)(CC(C)CC)C(C)C. The molecule has 0 rings (SSSR count). The van der Waals surface area contributed by atoms with Crippen molar-refractivity contribution in [2.45, 2.75) is 54.4 Å². The van der Waals surface area contributed by atoms with Crippen LogP contribution >= 0.6 is 0 Å². The van der Waals surface area contributed by atoms with Crippen molar-refractivity contribution in [1.82, 2.24) is 5.32 Å². The van der Waals surface area contributed by atoms with Crippen molar-refractivity contribution in [2.24, 2.45) is 17.3 Å². The van der Waals surface area contributed by atoms with Crippen molar-refractivity contribution in [3.05, 3.63) is 0 Å². The lowest BCUT2D eigenvalue weighted by Crippen LogP contribution is -2.37. The monoisotopic (exact) mass is 199 g/mol. The lowest BCUT2D eigenvalue weighted by molar-refractivity contribution is 0.161. The maximum Gasteiger partial charge on any atom is 0.000759 e. The van der Waals surface area contributed by atoms with E-state index >= 15 is 0 Å². The highest BCUT2D eigenvalue weighted by Crippen LogP contribution is 2.34. The molecular formula is C13H29N. The molecule has 0 aliphatic heterocycles. The Labute approximate surface area is 90.7 Å². The van der Waals surface area contributed by atoms with Crippen molar-refractivity contribution < 1.29 is 0 Å². The van der Waals surface area contributed by atoms with E-state index in [-0.39, 0.29) is 0 Å². The van der Waals surface area contributed by atoms with E-state index in [2.05, 4.69) is 46.9 Å². The maximum absolute atomic E-state index is 3.50. The maximum atomic E-state index is 3.50. The van der Waals surface area contributed by atoms with Crippen LogP contribution in [-0.2, 0) is 0 Å². The molecule has 2 unspecified atom stereocenters. The van der Waals surface area contributed by atoms with Gasteiger partial charge >= 0.3 is 0 Å². The lowest BCUT2D eigenvalue weighted by Gasteiger charge is -2.36. The molecule has 0 saturated carbocycles. The zero-order valence-electron chi connectivity index (χ0n) is 11.0. The molecule has 0 aromatic carbocycles. The van der Waals surface area contributed by atoms with Crippen LogP contribution in [0.2, 0.25) is 0 Å². The normalized spacial score (nSPS) is 18.2. The Bertz CT molecular complexity index is 142. The summed E-state index contributed by atoms with van der Waals surface area (Å²) in [4.78, 5) is 0. The van der Waals surface area contributed by atoms with Crippen LogP contribution in [0.15, 0.2) is 0 Å². The molecule has 1 heteroatoms. The van der Waals surface area contributed by atoms with Crippen LogP contribution in [0.5, 0.6) is 0 Å². The summed E-state index contributed by atoms with van der Waals surface area (Å²) in [5, 5.41) is 3.50. The summed E-state index contributed by atoms with van der Waals surface area (Å²) in [6.07, 6.45) is 2.64. The Hall–Kier alpha value is -0.0400. The second kappa shape index (κ2) is 6.44. The number of rotatable bonds is 7. The fraction of sp³-hybridized carbons (Fsp3) is 1.00. The van der Waals surface area contributed by atoms with E-state index < -0.39 is 0 Å². The van der Waals surface area contributed by atoms with E-state index in [1.807, 2.05) is 0 Å². The van der Waals surface area contributed by atoms with Crippen LogP contribution in [-0.4, -0.2) is 13.1 Å². The molecule has 0 bridgehead atoms. The van der Waals surface area contributed by atoms with Crippen LogP contribution < -0.4 is 5.32 Å². The van der Waals surface area contributed by atoms with Gasteiger partial charge in [0.05, 0.1) is 0 Å². The van der Waals surface area contributed by atoms with Gasteiger partial charge in [-0.3, -0.25) is 0 Å². The van der Waals surface area contributed by atoms with Crippen LogP contribution in [0.4, 0.5) is 0 Å². The quantitative estimate of drug-likeness (QED) is 0.659. The van der Waals surface area contributed by atoms with Gasteiger partial charge in [0, 0.05) is 6.54 Å². The second-order valence-corrected chi connectivity index (χ2v) is 5.31. The molecule has 86 valence electrons. The first-order valence-electron chi connectivity index (χ1n) is 6.17. The smallest absolute Gasteiger partial charge is 0.000759 e. The van der Waals surface area contributed by atoms with E-state index in [0.717, 1.165) is 24.9 Å². The Balaban J connectivity index is 4.23. The minimum atomic E-state index is 0.464. The highest BCUT2D eigenvalue weighted by atomic mass is 14.9. The molecule has 1 nitrogen and oxygen atoms in total. The van der Waals surface area contributed by atoms with Crippen molar-refractivity contribution >= 4 is 0 Å². The highest BCUT2D eigenvalue weighted by Gasteiger charge is 2.29. The molecule has 2 atom stereocenters. The van der Waals surface area contributed by atoms with Crippen molar-refractivity contribution in [3.63, 3.8) is 0 Å². The first-order valence-corrected chi connectivity index (χ1v) is 6.17. The zero-order chi connectivity index (χ0) is 11.2.